The minimum Gasteiger partial charge on any atom is -0.497 e. The number of benzene rings is 2. The Hall–Kier alpha value is -1.75. The molecule has 0 radical (unpaired) electrons. The molecule has 0 heterocycles. The Bertz CT molecular complexity index is 690. The molecule has 0 saturated heterocycles. The predicted octanol–water partition coefficient (Wildman–Crippen LogP) is 3.49. The van der Waals surface area contributed by atoms with Gasteiger partial charge >= 0.3 is 0 Å². The average Bonchev–Trinajstić information content (AvgIpc) is 2.61. The Labute approximate surface area is 158 Å². The monoisotopic (exact) mass is 380 g/mol. The minimum absolute atomic E-state index is 0.0279. The van der Waals surface area contributed by atoms with E-state index in [0.29, 0.717) is 29.6 Å². The molecule has 6 heteroatoms. The fraction of sp³-hybridized carbons (Fsp3) is 0.316. The summed E-state index contributed by atoms with van der Waals surface area (Å²) < 4.78 is 5.13. The van der Waals surface area contributed by atoms with Crippen LogP contribution in [0.25, 0.3) is 0 Å². The average molecular weight is 381 g/mol. The molecule has 4 nitrogen and oxygen atoms in total. The molecule has 2 aromatic carbocycles. The normalized spacial score (nSPS) is 10.5. The van der Waals surface area contributed by atoms with Crippen LogP contribution in [-0.2, 0) is 17.6 Å². The fourth-order valence-corrected chi connectivity index (χ4v) is 2.85. The molecular formula is C19H22Cl2N2O2. The molecule has 0 aliphatic rings. The Morgan fingerprint density at radius 1 is 1.04 bits per heavy atom. The smallest absolute Gasteiger partial charge is 0.233 e. The molecule has 0 aliphatic heterocycles. The third kappa shape index (κ3) is 6.94. The zero-order valence-corrected chi connectivity index (χ0v) is 15.7. The van der Waals surface area contributed by atoms with Gasteiger partial charge in [-0.1, -0.05) is 41.4 Å². The Kier molecular flexibility index (Phi) is 8.06. The van der Waals surface area contributed by atoms with Crippen LogP contribution in [0.1, 0.15) is 11.1 Å². The summed E-state index contributed by atoms with van der Waals surface area (Å²) in [5, 5.41) is 7.25. The highest BCUT2D eigenvalue weighted by molar-refractivity contribution is 6.35. The SMILES string of the molecule is COc1ccc(CCNCC(=O)NCCc2ccc(Cl)cc2Cl)cc1. The summed E-state index contributed by atoms with van der Waals surface area (Å²) in [6.07, 6.45) is 1.53. The van der Waals surface area contributed by atoms with Gasteiger partial charge in [-0.05, 0) is 54.8 Å². The van der Waals surface area contributed by atoms with Crippen molar-refractivity contribution in [2.24, 2.45) is 0 Å². The molecule has 2 N–H and O–H groups in total. The molecule has 0 atom stereocenters. The van der Waals surface area contributed by atoms with Crippen LogP contribution in [0.15, 0.2) is 42.5 Å². The van der Waals surface area contributed by atoms with Gasteiger partial charge in [-0.25, -0.2) is 0 Å². The number of hydrogen-bond donors (Lipinski definition) is 2. The van der Waals surface area contributed by atoms with Crippen molar-refractivity contribution in [3.8, 4) is 5.75 Å². The number of hydrogen-bond acceptors (Lipinski definition) is 3. The molecule has 0 aromatic heterocycles. The van der Waals surface area contributed by atoms with E-state index in [1.807, 2.05) is 30.3 Å². The van der Waals surface area contributed by atoms with Crippen LogP contribution in [-0.4, -0.2) is 32.7 Å². The number of rotatable bonds is 9. The number of ether oxygens (including phenoxy) is 1. The third-order valence-corrected chi connectivity index (χ3v) is 4.35. The quantitative estimate of drug-likeness (QED) is 0.654. The summed E-state index contributed by atoms with van der Waals surface area (Å²) in [7, 11) is 1.65. The van der Waals surface area contributed by atoms with Gasteiger partial charge in [0, 0.05) is 16.6 Å². The maximum Gasteiger partial charge on any atom is 0.233 e. The van der Waals surface area contributed by atoms with Gasteiger partial charge in [0.25, 0.3) is 0 Å². The van der Waals surface area contributed by atoms with Crippen LogP contribution in [0.3, 0.4) is 0 Å². The first-order chi connectivity index (χ1) is 12.1. The van der Waals surface area contributed by atoms with Crippen LogP contribution < -0.4 is 15.4 Å². The highest BCUT2D eigenvalue weighted by Gasteiger charge is 2.04. The van der Waals surface area contributed by atoms with Gasteiger partial charge in [0.1, 0.15) is 5.75 Å². The van der Waals surface area contributed by atoms with Crippen molar-refractivity contribution < 1.29 is 9.53 Å². The number of methoxy groups -OCH3 is 1. The first-order valence-electron chi connectivity index (χ1n) is 8.13. The summed E-state index contributed by atoms with van der Waals surface area (Å²) in [5.41, 5.74) is 2.17. The van der Waals surface area contributed by atoms with E-state index in [2.05, 4.69) is 10.6 Å². The highest BCUT2D eigenvalue weighted by atomic mass is 35.5. The van der Waals surface area contributed by atoms with Crippen molar-refractivity contribution >= 4 is 29.1 Å². The van der Waals surface area contributed by atoms with Crippen molar-refractivity contribution in [3.63, 3.8) is 0 Å². The zero-order valence-electron chi connectivity index (χ0n) is 14.1. The number of nitrogens with one attached hydrogen (secondary N) is 2. The molecule has 0 aliphatic carbocycles. The lowest BCUT2D eigenvalue weighted by atomic mass is 10.1. The first-order valence-corrected chi connectivity index (χ1v) is 8.88. The van der Waals surface area contributed by atoms with Gasteiger partial charge in [0.2, 0.25) is 5.91 Å². The van der Waals surface area contributed by atoms with Crippen molar-refractivity contribution in [3.05, 3.63) is 63.6 Å². The number of carbonyl (C=O) groups excluding carboxylic acids is 1. The second-order valence-corrected chi connectivity index (χ2v) is 6.45. The molecule has 2 rings (SSSR count). The maximum absolute atomic E-state index is 11.8. The van der Waals surface area contributed by atoms with Crippen molar-refractivity contribution in [1.82, 2.24) is 10.6 Å². The van der Waals surface area contributed by atoms with E-state index in [4.69, 9.17) is 27.9 Å². The largest absolute Gasteiger partial charge is 0.497 e. The maximum atomic E-state index is 11.8. The van der Waals surface area contributed by atoms with E-state index in [9.17, 15) is 4.79 Å². The van der Waals surface area contributed by atoms with Crippen LogP contribution >= 0.6 is 23.2 Å². The first kappa shape index (κ1) is 19.6. The van der Waals surface area contributed by atoms with Crippen LogP contribution in [0.4, 0.5) is 0 Å². The lowest BCUT2D eigenvalue weighted by Crippen LogP contribution is -2.35. The van der Waals surface area contributed by atoms with E-state index in [1.165, 1.54) is 5.56 Å². The number of amides is 1. The second-order valence-electron chi connectivity index (χ2n) is 5.61. The predicted molar refractivity (Wildman–Crippen MR) is 103 cm³/mol. The molecule has 0 saturated carbocycles. The Morgan fingerprint density at radius 2 is 1.80 bits per heavy atom. The fourth-order valence-electron chi connectivity index (χ4n) is 2.35. The van der Waals surface area contributed by atoms with Crippen molar-refractivity contribution in [2.75, 3.05) is 26.7 Å². The molecule has 25 heavy (non-hydrogen) atoms. The van der Waals surface area contributed by atoms with Crippen molar-refractivity contribution in [1.29, 1.82) is 0 Å². The molecule has 0 bridgehead atoms. The van der Waals surface area contributed by atoms with Gasteiger partial charge in [-0.3, -0.25) is 4.79 Å². The van der Waals surface area contributed by atoms with Crippen LogP contribution in [0.2, 0.25) is 10.0 Å². The van der Waals surface area contributed by atoms with Gasteiger partial charge in [0.05, 0.1) is 13.7 Å². The number of carbonyl (C=O) groups is 1. The van der Waals surface area contributed by atoms with Gasteiger partial charge in [0.15, 0.2) is 0 Å². The summed E-state index contributed by atoms with van der Waals surface area (Å²) in [6.45, 7) is 1.58. The topological polar surface area (TPSA) is 50.4 Å². The van der Waals surface area contributed by atoms with Gasteiger partial charge < -0.3 is 15.4 Å². The summed E-state index contributed by atoms with van der Waals surface area (Å²) >= 11 is 12.0. The molecule has 0 unspecified atom stereocenters. The molecule has 134 valence electrons. The minimum atomic E-state index is -0.0279. The van der Waals surface area contributed by atoms with E-state index < -0.39 is 0 Å². The zero-order chi connectivity index (χ0) is 18.1. The van der Waals surface area contributed by atoms with Crippen molar-refractivity contribution in [2.45, 2.75) is 12.8 Å². The third-order valence-electron chi connectivity index (χ3n) is 3.77. The summed E-state index contributed by atoms with van der Waals surface area (Å²) in [5.74, 6) is 0.816. The van der Waals surface area contributed by atoms with E-state index in [1.54, 1.807) is 19.2 Å². The molecule has 2 aromatic rings. The van der Waals surface area contributed by atoms with E-state index in [-0.39, 0.29) is 5.91 Å². The molecule has 0 spiro atoms. The van der Waals surface area contributed by atoms with E-state index in [0.717, 1.165) is 24.3 Å². The second kappa shape index (κ2) is 10.3. The molecular weight excluding hydrogens is 359 g/mol. The molecule has 0 fully saturated rings. The van der Waals surface area contributed by atoms with Crippen LogP contribution in [0, 0.1) is 0 Å². The Balaban J connectivity index is 1.60. The van der Waals surface area contributed by atoms with Gasteiger partial charge in [-0.2, -0.15) is 0 Å². The van der Waals surface area contributed by atoms with Gasteiger partial charge in [-0.15, -0.1) is 0 Å². The Morgan fingerprint density at radius 3 is 2.48 bits per heavy atom. The lowest BCUT2D eigenvalue weighted by Gasteiger charge is -2.08. The highest BCUT2D eigenvalue weighted by Crippen LogP contribution is 2.21. The summed E-state index contributed by atoms with van der Waals surface area (Å²) in [4.78, 5) is 11.8. The molecule has 1 amide bonds. The number of halogens is 2. The van der Waals surface area contributed by atoms with E-state index >= 15 is 0 Å². The van der Waals surface area contributed by atoms with Crippen LogP contribution in [0.5, 0.6) is 5.75 Å². The summed E-state index contributed by atoms with van der Waals surface area (Å²) in [6, 6.07) is 13.3. The standard InChI is InChI=1S/C19H22Cl2N2O2/c1-25-17-6-2-14(3-7-17)8-10-22-13-19(24)23-11-9-15-4-5-16(20)12-18(15)21/h2-7,12,22H,8-11,13H2,1H3,(H,23,24). The lowest BCUT2D eigenvalue weighted by molar-refractivity contribution is -0.120.